The number of alkyl halides is 5. The number of carbonyl (C=O) groups excluding carboxylic acids is 1. The Morgan fingerprint density at radius 3 is 2.29 bits per heavy atom. The lowest BCUT2D eigenvalue weighted by molar-refractivity contribution is -0.275. The van der Waals surface area contributed by atoms with Gasteiger partial charge in [0.2, 0.25) is 0 Å². The van der Waals surface area contributed by atoms with E-state index in [4.69, 9.17) is 0 Å². The van der Waals surface area contributed by atoms with Gasteiger partial charge in [0, 0.05) is 5.56 Å². The molecule has 0 aliphatic heterocycles. The molecule has 0 radical (unpaired) electrons. The van der Waals surface area contributed by atoms with Gasteiger partial charge in [0.25, 0.3) is 6.43 Å². The first-order valence-electron chi connectivity index (χ1n) is 4.40. The maximum Gasteiger partial charge on any atom is 0.573 e. The van der Waals surface area contributed by atoms with E-state index >= 15 is 0 Å². The second kappa shape index (κ2) is 4.68. The average Bonchev–Trinajstić information content (AvgIpc) is 2.14. The highest BCUT2D eigenvalue weighted by Gasteiger charge is 2.34. The molecular weight excluding hydrogens is 247 g/mol. The maximum absolute atomic E-state index is 12.6. The highest BCUT2D eigenvalue weighted by molar-refractivity contribution is 5.96. The van der Waals surface area contributed by atoms with E-state index in [1.165, 1.54) is 0 Å². The first kappa shape index (κ1) is 13.4. The van der Waals surface area contributed by atoms with Crippen molar-refractivity contribution in [3.63, 3.8) is 0 Å². The van der Waals surface area contributed by atoms with Crippen molar-refractivity contribution in [2.24, 2.45) is 0 Å². The normalized spacial score (nSPS) is 11.7. The molecule has 1 aromatic rings. The first-order valence-corrected chi connectivity index (χ1v) is 4.40. The third-order valence-corrected chi connectivity index (χ3v) is 1.89. The SMILES string of the molecule is CC(=O)c1cccc(OC(F)(F)F)c1C(F)F. The number of benzene rings is 1. The van der Waals surface area contributed by atoms with E-state index in [9.17, 15) is 26.7 Å². The number of ketones is 1. The summed E-state index contributed by atoms with van der Waals surface area (Å²) in [4.78, 5) is 11.0. The third-order valence-electron chi connectivity index (χ3n) is 1.89. The Bertz CT molecular complexity index is 425. The molecule has 0 aliphatic rings. The van der Waals surface area contributed by atoms with Crippen LogP contribution in [0.4, 0.5) is 22.0 Å². The van der Waals surface area contributed by atoms with Crippen LogP contribution in [-0.2, 0) is 0 Å². The molecule has 0 aliphatic carbocycles. The van der Waals surface area contributed by atoms with E-state index in [-0.39, 0.29) is 0 Å². The number of hydrogen-bond donors (Lipinski definition) is 0. The Morgan fingerprint density at radius 2 is 1.88 bits per heavy atom. The molecule has 0 atom stereocenters. The molecule has 0 aromatic heterocycles. The molecule has 0 heterocycles. The van der Waals surface area contributed by atoms with Crippen LogP contribution in [0.5, 0.6) is 5.75 Å². The van der Waals surface area contributed by atoms with E-state index < -0.39 is 35.4 Å². The van der Waals surface area contributed by atoms with E-state index in [1.54, 1.807) is 0 Å². The molecular formula is C10H7F5O2. The van der Waals surface area contributed by atoms with Crippen LogP contribution < -0.4 is 4.74 Å². The van der Waals surface area contributed by atoms with Crippen LogP contribution in [0.15, 0.2) is 18.2 Å². The van der Waals surface area contributed by atoms with E-state index in [0.717, 1.165) is 25.1 Å². The molecule has 0 saturated heterocycles. The van der Waals surface area contributed by atoms with Crippen molar-refractivity contribution in [2.75, 3.05) is 0 Å². The fraction of sp³-hybridized carbons (Fsp3) is 0.300. The lowest BCUT2D eigenvalue weighted by atomic mass is 10.0. The molecule has 0 bridgehead atoms. The van der Waals surface area contributed by atoms with Crippen LogP contribution in [-0.4, -0.2) is 12.1 Å². The highest BCUT2D eigenvalue weighted by atomic mass is 19.4. The molecule has 0 fully saturated rings. The van der Waals surface area contributed by atoms with Gasteiger partial charge in [-0.2, -0.15) is 0 Å². The van der Waals surface area contributed by atoms with E-state index in [2.05, 4.69) is 4.74 Å². The van der Waals surface area contributed by atoms with Crippen LogP contribution in [0, 0.1) is 0 Å². The molecule has 1 aromatic carbocycles. The van der Waals surface area contributed by atoms with Crippen LogP contribution in [0.1, 0.15) is 29.3 Å². The summed E-state index contributed by atoms with van der Waals surface area (Å²) in [7, 11) is 0. The molecule has 0 unspecified atom stereocenters. The zero-order chi connectivity index (χ0) is 13.2. The Kier molecular flexibility index (Phi) is 3.69. The second-order valence-corrected chi connectivity index (χ2v) is 3.12. The summed E-state index contributed by atoms with van der Waals surface area (Å²) in [5.41, 5.74) is -1.53. The minimum absolute atomic E-state index is 0.484. The summed E-state index contributed by atoms with van der Waals surface area (Å²) in [6.45, 7) is 0.985. The number of rotatable bonds is 3. The highest BCUT2D eigenvalue weighted by Crippen LogP contribution is 2.35. The standard InChI is InChI=1S/C10H7F5O2/c1-5(16)6-3-2-4-7(8(6)9(11)12)17-10(13,14)15/h2-4,9H,1H3. The number of carbonyl (C=O) groups is 1. The zero-order valence-corrected chi connectivity index (χ0v) is 8.52. The molecule has 2 nitrogen and oxygen atoms in total. The van der Waals surface area contributed by atoms with Crippen molar-refractivity contribution < 1.29 is 31.5 Å². The minimum Gasteiger partial charge on any atom is -0.405 e. The molecule has 0 amide bonds. The fourth-order valence-electron chi connectivity index (χ4n) is 1.29. The van der Waals surface area contributed by atoms with Gasteiger partial charge in [0.15, 0.2) is 5.78 Å². The minimum atomic E-state index is -5.08. The summed E-state index contributed by atoms with van der Waals surface area (Å²) in [5.74, 6) is -1.81. The summed E-state index contributed by atoms with van der Waals surface area (Å²) in [6.07, 6.45) is -8.31. The molecule has 0 spiro atoms. The summed E-state index contributed by atoms with van der Waals surface area (Å²) < 4.78 is 64.6. The largest absolute Gasteiger partial charge is 0.573 e. The van der Waals surface area contributed by atoms with Crippen molar-refractivity contribution in [1.82, 2.24) is 0 Å². The van der Waals surface area contributed by atoms with Crippen molar-refractivity contribution >= 4 is 5.78 Å². The Labute approximate surface area is 93.0 Å². The van der Waals surface area contributed by atoms with Gasteiger partial charge in [-0.25, -0.2) is 8.78 Å². The van der Waals surface area contributed by atoms with Crippen molar-refractivity contribution in [3.05, 3.63) is 29.3 Å². The predicted octanol–water partition coefficient (Wildman–Crippen LogP) is 3.73. The number of ether oxygens (including phenoxy) is 1. The maximum atomic E-state index is 12.6. The van der Waals surface area contributed by atoms with Gasteiger partial charge in [-0.05, 0) is 13.0 Å². The average molecular weight is 254 g/mol. The zero-order valence-electron chi connectivity index (χ0n) is 8.52. The molecule has 17 heavy (non-hydrogen) atoms. The monoisotopic (exact) mass is 254 g/mol. The smallest absolute Gasteiger partial charge is 0.405 e. The van der Waals surface area contributed by atoms with Gasteiger partial charge < -0.3 is 4.74 Å². The topological polar surface area (TPSA) is 26.3 Å². The van der Waals surface area contributed by atoms with Crippen LogP contribution in [0.3, 0.4) is 0 Å². The van der Waals surface area contributed by atoms with Crippen molar-refractivity contribution in [1.29, 1.82) is 0 Å². The Balaban J connectivity index is 3.30. The first-order chi connectivity index (χ1) is 7.72. The van der Waals surface area contributed by atoms with Crippen molar-refractivity contribution in [2.45, 2.75) is 19.7 Å². The number of Topliss-reactive ketones (excluding diaryl/α,β-unsaturated/α-hetero) is 1. The molecule has 7 heteroatoms. The Hall–Kier alpha value is -1.66. The predicted molar refractivity (Wildman–Crippen MR) is 48.1 cm³/mol. The lowest BCUT2D eigenvalue weighted by Crippen LogP contribution is -2.19. The van der Waals surface area contributed by atoms with Crippen molar-refractivity contribution in [3.8, 4) is 5.75 Å². The summed E-state index contributed by atoms with van der Waals surface area (Å²) in [5, 5.41) is 0. The van der Waals surface area contributed by atoms with Gasteiger partial charge in [0.1, 0.15) is 5.75 Å². The van der Waals surface area contributed by atoms with Gasteiger partial charge in [-0.15, -0.1) is 13.2 Å². The fourth-order valence-corrected chi connectivity index (χ4v) is 1.29. The molecule has 1 rings (SSSR count). The third kappa shape index (κ3) is 3.40. The summed E-state index contributed by atoms with van der Waals surface area (Å²) in [6, 6.07) is 2.80. The van der Waals surface area contributed by atoms with E-state index in [1.807, 2.05) is 0 Å². The molecule has 0 saturated carbocycles. The van der Waals surface area contributed by atoms with Gasteiger partial charge in [-0.1, -0.05) is 12.1 Å². The Morgan fingerprint density at radius 1 is 1.29 bits per heavy atom. The van der Waals surface area contributed by atoms with Crippen LogP contribution in [0.25, 0.3) is 0 Å². The molecule has 0 N–H and O–H groups in total. The lowest BCUT2D eigenvalue weighted by Gasteiger charge is -2.14. The second-order valence-electron chi connectivity index (χ2n) is 3.12. The van der Waals surface area contributed by atoms with Gasteiger partial charge in [-0.3, -0.25) is 4.79 Å². The summed E-state index contributed by atoms with van der Waals surface area (Å²) >= 11 is 0. The van der Waals surface area contributed by atoms with Crippen LogP contribution >= 0.6 is 0 Å². The quantitative estimate of drug-likeness (QED) is 0.607. The van der Waals surface area contributed by atoms with Crippen LogP contribution in [0.2, 0.25) is 0 Å². The van der Waals surface area contributed by atoms with Gasteiger partial charge in [0.05, 0.1) is 5.56 Å². The molecule has 94 valence electrons. The number of halogens is 5. The van der Waals surface area contributed by atoms with E-state index in [0.29, 0.717) is 0 Å². The number of hydrogen-bond acceptors (Lipinski definition) is 2. The van der Waals surface area contributed by atoms with Gasteiger partial charge >= 0.3 is 6.36 Å².